The van der Waals surface area contributed by atoms with Gasteiger partial charge in [0.25, 0.3) is 5.91 Å². The highest BCUT2D eigenvalue weighted by molar-refractivity contribution is 6.07. The normalized spacial score (nSPS) is 27.2. The lowest BCUT2D eigenvalue weighted by molar-refractivity contribution is -0.136. The molecule has 2 fully saturated rings. The maximum absolute atomic E-state index is 12.9. The second-order valence-corrected chi connectivity index (χ2v) is 7.17. The van der Waals surface area contributed by atoms with E-state index in [4.69, 9.17) is 0 Å². The monoisotopic (exact) mass is 342 g/mol. The summed E-state index contributed by atoms with van der Waals surface area (Å²) < 4.78 is 0. The molecule has 3 aliphatic rings. The SMILES string of the molecule is C[C@H](C(=O)N1CC[C@]2(C1)NC(=O)NC2=O)N1CCc2ccccc2C1. The van der Waals surface area contributed by atoms with Crippen LogP contribution in [0.5, 0.6) is 0 Å². The maximum atomic E-state index is 12.9. The summed E-state index contributed by atoms with van der Waals surface area (Å²) in [6.07, 6.45) is 1.40. The summed E-state index contributed by atoms with van der Waals surface area (Å²) >= 11 is 0. The molecule has 0 bridgehead atoms. The summed E-state index contributed by atoms with van der Waals surface area (Å²) in [5.41, 5.74) is 1.68. The Morgan fingerprint density at radius 3 is 2.68 bits per heavy atom. The topological polar surface area (TPSA) is 81.8 Å². The number of benzene rings is 1. The van der Waals surface area contributed by atoms with Crippen LogP contribution in [0.1, 0.15) is 24.5 Å². The first kappa shape index (κ1) is 16.1. The average Bonchev–Trinajstić information content (AvgIpc) is 3.16. The first-order valence-corrected chi connectivity index (χ1v) is 8.72. The zero-order valence-electron chi connectivity index (χ0n) is 14.2. The molecule has 7 nitrogen and oxygen atoms in total. The lowest BCUT2D eigenvalue weighted by Crippen LogP contribution is -2.52. The van der Waals surface area contributed by atoms with E-state index in [0.717, 1.165) is 19.5 Å². The number of rotatable bonds is 2. The smallest absolute Gasteiger partial charge is 0.322 e. The third-order valence-corrected chi connectivity index (χ3v) is 5.66. The van der Waals surface area contributed by atoms with E-state index in [0.29, 0.717) is 13.0 Å². The van der Waals surface area contributed by atoms with Crippen molar-refractivity contribution in [3.8, 4) is 0 Å². The third kappa shape index (κ3) is 2.68. The summed E-state index contributed by atoms with van der Waals surface area (Å²) in [6.45, 7) is 4.27. The Morgan fingerprint density at radius 1 is 1.20 bits per heavy atom. The van der Waals surface area contributed by atoms with Gasteiger partial charge in [-0.05, 0) is 30.9 Å². The van der Waals surface area contributed by atoms with Crippen molar-refractivity contribution in [2.24, 2.45) is 0 Å². The first-order chi connectivity index (χ1) is 12.0. The highest BCUT2D eigenvalue weighted by Gasteiger charge is 2.52. The second-order valence-electron chi connectivity index (χ2n) is 7.17. The summed E-state index contributed by atoms with van der Waals surface area (Å²) in [5.74, 6) is -0.308. The van der Waals surface area contributed by atoms with Crippen LogP contribution in [-0.2, 0) is 22.6 Å². The van der Waals surface area contributed by atoms with Gasteiger partial charge in [0.2, 0.25) is 5.91 Å². The number of urea groups is 1. The molecule has 2 saturated heterocycles. The molecule has 132 valence electrons. The van der Waals surface area contributed by atoms with Crippen LogP contribution in [0.15, 0.2) is 24.3 Å². The summed E-state index contributed by atoms with van der Waals surface area (Å²) in [4.78, 5) is 40.3. The van der Waals surface area contributed by atoms with E-state index in [1.54, 1.807) is 4.90 Å². The van der Waals surface area contributed by atoms with Gasteiger partial charge in [0.05, 0.1) is 12.6 Å². The number of amides is 4. The summed E-state index contributed by atoms with van der Waals surface area (Å²) in [5, 5.41) is 4.96. The number of carbonyl (C=O) groups excluding carboxylic acids is 3. The molecule has 3 heterocycles. The molecular formula is C18H22N4O3. The number of fused-ring (bicyclic) bond motifs is 1. The number of hydrogen-bond acceptors (Lipinski definition) is 4. The van der Waals surface area contributed by atoms with Crippen molar-refractivity contribution in [1.82, 2.24) is 20.4 Å². The van der Waals surface area contributed by atoms with Crippen LogP contribution in [0.4, 0.5) is 4.79 Å². The Balaban J connectivity index is 1.44. The summed E-state index contributed by atoms with van der Waals surface area (Å²) in [6, 6.07) is 7.62. The van der Waals surface area contributed by atoms with Crippen molar-refractivity contribution in [1.29, 1.82) is 0 Å². The van der Waals surface area contributed by atoms with Crippen molar-refractivity contribution in [2.75, 3.05) is 19.6 Å². The fraction of sp³-hybridized carbons (Fsp3) is 0.500. The standard InChI is InChI=1S/C18H22N4O3/c1-12(21-8-6-13-4-2-3-5-14(13)10-21)15(23)22-9-7-18(11-22)16(24)19-17(25)20-18/h2-5,12H,6-11H2,1H3,(H2,19,20,24,25)/t12-,18-/m1/s1. The van der Waals surface area contributed by atoms with E-state index in [-0.39, 0.29) is 24.4 Å². The molecule has 4 amide bonds. The van der Waals surface area contributed by atoms with E-state index in [1.807, 2.05) is 19.1 Å². The number of hydrogen-bond donors (Lipinski definition) is 2. The minimum atomic E-state index is -0.943. The van der Waals surface area contributed by atoms with Gasteiger partial charge in [0.1, 0.15) is 5.54 Å². The molecule has 1 aromatic rings. The molecule has 1 spiro atoms. The van der Waals surface area contributed by atoms with E-state index in [1.165, 1.54) is 11.1 Å². The Labute approximate surface area is 146 Å². The van der Waals surface area contributed by atoms with Gasteiger partial charge < -0.3 is 10.2 Å². The Hall–Kier alpha value is -2.41. The van der Waals surface area contributed by atoms with Crippen LogP contribution in [-0.4, -0.2) is 58.9 Å². The van der Waals surface area contributed by atoms with Crippen LogP contribution in [0.3, 0.4) is 0 Å². The van der Waals surface area contributed by atoms with Gasteiger partial charge in [-0.15, -0.1) is 0 Å². The molecular weight excluding hydrogens is 320 g/mol. The lowest BCUT2D eigenvalue weighted by atomic mass is 9.98. The van der Waals surface area contributed by atoms with E-state index >= 15 is 0 Å². The Morgan fingerprint density at radius 2 is 1.96 bits per heavy atom. The first-order valence-electron chi connectivity index (χ1n) is 8.72. The lowest BCUT2D eigenvalue weighted by Gasteiger charge is -2.35. The zero-order chi connectivity index (χ0) is 17.6. The number of nitrogens with zero attached hydrogens (tertiary/aromatic N) is 2. The van der Waals surface area contributed by atoms with Crippen LogP contribution in [0.2, 0.25) is 0 Å². The molecule has 0 aromatic heterocycles. The minimum absolute atomic E-state index is 0.0187. The number of likely N-dealkylation sites (tertiary alicyclic amines) is 1. The van der Waals surface area contributed by atoms with Crippen LogP contribution >= 0.6 is 0 Å². The average molecular weight is 342 g/mol. The van der Waals surface area contributed by atoms with Gasteiger partial charge in [-0.25, -0.2) is 4.79 Å². The van der Waals surface area contributed by atoms with Crippen molar-refractivity contribution in [3.63, 3.8) is 0 Å². The van der Waals surface area contributed by atoms with Crippen molar-refractivity contribution < 1.29 is 14.4 Å². The fourth-order valence-corrected chi connectivity index (χ4v) is 4.08. The summed E-state index contributed by atoms with van der Waals surface area (Å²) in [7, 11) is 0. The van der Waals surface area contributed by atoms with Gasteiger partial charge >= 0.3 is 6.03 Å². The molecule has 3 aliphatic heterocycles. The quantitative estimate of drug-likeness (QED) is 0.755. The van der Waals surface area contributed by atoms with Gasteiger partial charge in [-0.3, -0.25) is 19.8 Å². The van der Waals surface area contributed by atoms with Gasteiger partial charge in [0, 0.05) is 19.6 Å². The highest BCUT2D eigenvalue weighted by Crippen LogP contribution is 2.27. The number of carbonyl (C=O) groups is 3. The van der Waals surface area contributed by atoms with Crippen LogP contribution in [0, 0.1) is 0 Å². The second kappa shape index (κ2) is 5.84. The minimum Gasteiger partial charge on any atom is -0.338 e. The van der Waals surface area contributed by atoms with Crippen molar-refractivity contribution in [3.05, 3.63) is 35.4 Å². The third-order valence-electron chi connectivity index (χ3n) is 5.66. The molecule has 0 radical (unpaired) electrons. The Kier molecular flexibility index (Phi) is 3.76. The predicted molar refractivity (Wildman–Crippen MR) is 90.6 cm³/mol. The van der Waals surface area contributed by atoms with Gasteiger partial charge in [-0.1, -0.05) is 24.3 Å². The van der Waals surface area contributed by atoms with E-state index in [2.05, 4.69) is 27.7 Å². The Bertz CT molecular complexity index is 750. The van der Waals surface area contributed by atoms with Gasteiger partial charge in [-0.2, -0.15) is 0 Å². The molecule has 1 aromatic carbocycles. The predicted octanol–water partition coefficient (Wildman–Crippen LogP) is 0.244. The van der Waals surface area contributed by atoms with Crippen molar-refractivity contribution >= 4 is 17.8 Å². The fourth-order valence-electron chi connectivity index (χ4n) is 4.08. The molecule has 7 heteroatoms. The van der Waals surface area contributed by atoms with E-state index < -0.39 is 11.6 Å². The molecule has 0 aliphatic carbocycles. The molecule has 25 heavy (non-hydrogen) atoms. The number of imide groups is 1. The molecule has 4 rings (SSSR count). The van der Waals surface area contributed by atoms with Crippen LogP contribution < -0.4 is 10.6 Å². The van der Waals surface area contributed by atoms with Crippen LogP contribution in [0.25, 0.3) is 0 Å². The molecule has 0 unspecified atom stereocenters. The molecule has 2 N–H and O–H groups in total. The van der Waals surface area contributed by atoms with E-state index in [9.17, 15) is 14.4 Å². The zero-order valence-corrected chi connectivity index (χ0v) is 14.2. The molecule has 2 atom stereocenters. The molecule has 0 saturated carbocycles. The van der Waals surface area contributed by atoms with Crippen molar-refractivity contribution in [2.45, 2.75) is 37.9 Å². The largest absolute Gasteiger partial charge is 0.338 e. The van der Waals surface area contributed by atoms with Gasteiger partial charge in [0.15, 0.2) is 0 Å². The highest BCUT2D eigenvalue weighted by atomic mass is 16.2. The maximum Gasteiger partial charge on any atom is 0.322 e. The number of nitrogens with one attached hydrogen (secondary N) is 2.